The summed E-state index contributed by atoms with van der Waals surface area (Å²) in [6.07, 6.45) is 0. The summed E-state index contributed by atoms with van der Waals surface area (Å²) in [5.41, 5.74) is 3.65. The van der Waals surface area contributed by atoms with E-state index < -0.39 is 28.3 Å². The molecule has 6 nitrogen and oxygen atoms in total. The van der Waals surface area contributed by atoms with Gasteiger partial charge in [0, 0.05) is 5.69 Å². The first-order chi connectivity index (χ1) is 15.1. The minimum Gasteiger partial charge on any atom is -0.495 e. The second kappa shape index (κ2) is 9.40. The second-order valence-corrected chi connectivity index (χ2v) is 9.32. The number of halogens is 1. The van der Waals surface area contributed by atoms with Gasteiger partial charge in [0.2, 0.25) is 5.91 Å². The van der Waals surface area contributed by atoms with Crippen LogP contribution in [-0.4, -0.2) is 28.0 Å². The van der Waals surface area contributed by atoms with Gasteiger partial charge in [-0.15, -0.1) is 0 Å². The number of hydrogen-bond donors (Lipinski definition) is 1. The van der Waals surface area contributed by atoms with Crippen LogP contribution in [0.4, 0.5) is 15.8 Å². The number of hydrogen-bond acceptors (Lipinski definition) is 4. The summed E-state index contributed by atoms with van der Waals surface area (Å²) >= 11 is 0. The lowest BCUT2D eigenvalue weighted by molar-refractivity contribution is -0.114. The van der Waals surface area contributed by atoms with Crippen molar-refractivity contribution in [3.63, 3.8) is 0 Å². The van der Waals surface area contributed by atoms with Crippen molar-refractivity contribution < 1.29 is 22.3 Å². The van der Waals surface area contributed by atoms with Crippen molar-refractivity contribution in [1.29, 1.82) is 0 Å². The molecule has 0 saturated heterocycles. The number of aryl methyl sites for hydroxylation is 3. The fourth-order valence-electron chi connectivity index (χ4n) is 3.56. The third kappa shape index (κ3) is 4.91. The molecule has 0 aliphatic carbocycles. The SMILES string of the molecule is COc1ccccc1N(CC(=O)Nc1c(C)cc(C)cc1C)S(=O)(=O)c1ccc(F)cc1. The normalized spacial score (nSPS) is 11.2. The highest BCUT2D eigenvalue weighted by Gasteiger charge is 2.29. The molecule has 0 atom stereocenters. The molecule has 0 heterocycles. The maximum absolute atomic E-state index is 13.4. The summed E-state index contributed by atoms with van der Waals surface area (Å²) in [5.74, 6) is -0.791. The molecule has 0 saturated carbocycles. The largest absolute Gasteiger partial charge is 0.495 e. The maximum atomic E-state index is 13.4. The smallest absolute Gasteiger partial charge is 0.264 e. The summed E-state index contributed by atoms with van der Waals surface area (Å²) in [5, 5.41) is 2.83. The molecule has 0 radical (unpaired) electrons. The number of anilines is 2. The molecule has 0 spiro atoms. The van der Waals surface area contributed by atoms with Crippen molar-refractivity contribution in [3.05, 3.63) is 83.2 Å². The molecule has 0 fully saturated rings. The molecule has 8 heteroatoms. The van der Waals surface area contributed by atoms with Crippen LogP contribution < -0.4 is 14.4 Å². The molecule has 0 bridgehead atoms. The average molecular weight is 457 g/mol. The third-order valence-electron chi connectivity index (χ3n) is 4.98. The van der Waals surface area contributed by atoms with Crippen LogP contribution in [0.2, 0.25) is 0 Å². The van der Waals surface area contributed by atoms with Gasteiger partial charge in [-0.1, -0.05) is 29.8 Å². The average Bonchev–Trinajstić information content (AvgIpc) is 2.74. The highest BCUT2D eigenvalue weighted by atomic mass is 32.2. The Kier molecular flexibility index (Phi) is 6.84. The molecule has 1 amide bonds. The van der Waals surface area contributed by atoms with E-state index in [2.05, 4.69) is 5.32 Å². The number of nitrogens with zero attached hydrogens (tertiary/aromatic N) is 1. The van der Waals surface area contributed by atoms with E-state index in [4.69, 9.17) is 4.74 Å². The van der Waals surface area contributed by atoms with Crippen LogP contribution in [0.1, 0.15) is 16.7 Å². The predicted octanol–water partition coefficient (Wildman–Crippen LogP) is 4.59. The van der Waals surface area contributed by atoms with Crippen LogP contribution in [-0.2, 0) is 14.8 Å². The van der Waals surface area contributed by atoms with Crippen LogP contribution >= 0.6 is 0 Å². The Morgan fingerprint density at radius 1 is 1.00 bits per heavy atom. The standard InChI is InChI=1S/C24H25FN2O4S/c1-16-13-17(2)24(18(3)14-16)26-23(28)15-27(21-7-5-6-8-22(21)31-4)32(29,30)20-11-9-19(25)10-12-20/h5-14H,15H2,1-4H3,(H,26,28). The number of ether oxygens (including phenoxy) is 1. The maximum Gasteiger partial charge on any atom is 0.264 e. The van der Waals surface area contributed by atoms with E-state index in [1.165, 1.54) is 19.2 Å². The molecular weight excluding hydrogens is 431 g/mol. The lowest BCUT2D eigenvalue weighted by Gasteiger charge is -2.26. The summed E-state index contributed by atoms with van der Waals surface area (Å²) in [6.45, 7) is 5.23. The van der Waals surface area contributed by atoms with Gasteiger partial charge < -0.3 is 10.1 Å². The highest BCUT2D eigenvalue weighted by molar-refractivity contribution is 7.92. The number of para-hydroxylation sites is 2. The fraction of sp³-hybridized carbons (Fsp3) is 0.208. The molecule has 3 aromatic rings. The Morgan fingerprint density at radius 3 is 2.19 bits per heavy atom. The lowest BCUT2D eigenvalue weighted by Crippen LogP contribution is -2.38. The molecule has 1 N–H and O–H groups in total. The number of methoxy groups -OCH3 is 1. The van der Waals surface area contributed by atoms with Crippen LogP contribution in [0.3, 0.4) is 0 Å². The van der Waals surface area contributed by atoms with Gasteiger partial charge in [0.1, 0.15) is 18.1 Å². The number of amides is 1. The highest BCUT2D eigenvalue weighted by Crippen LogP contribution is 2.32. The van der Waals surface area contributed by atoms with Crippen LogP contribution in [0.15, 0.2) is 65.6 Å². The van der Waals surface area contributed by atoms with Crippen molar-refractivity contribution in [2.75, 3.05) is 23.3 Å². The first kappa shape index (κ1) is 23.3. The molecule has 32 heavy (non-hydrogen) atoms. The second-order valence-electron chi connectivity index (χ2n) is 7.46. The van der Waals surface area contributed by atoms with Gasteiger partial charge >= 0.3 is 0 Å². The van der Waals surface area contributed by atoms with Crippen molar-refractivity contribution >= 4 is 27.3 Å². The van der Waals surface area contributed by atoms with Gasteiger partial charge in [-0.05, 0) is 68.3 Å². The van der Waals surface area contributed by atoms with Crippen molar-refractivity contribution in [2.45, 2.75) is 25.7 Å². The van der Waals surface area contributed by atoms with E-state index in [0.717, 1.165) is 33.1 Å². The van der Waals surface area contributed by atoms with Gasteiger partial charge in [-0.3, -0.25) is 9.10 Å². The molecule has 3 rings (SSSR count). The Labute approximate surface area is 187 Å². The molecular formula is C24H25FN2O4S. The fourth-order valence-corrected chi connectivity index (χ4v) is 4.99. The topological polar surface area (TPSA) is 75.7 Å². The third-order valence-corrected chi connectivity index (χ3v) is 6.76. The minimum atomic E-state index is -4.19. The van der Waals surface area contributed by atoms with E-state index in [-0.39, 0.29) is 16.3 Å². The van der Waals surface area contributed by atoms with Gasteiger partial charge in [0.25, 0.3) is 10.0 Å². The Morgan fingerprint density at radius 2 is 1.59 bits per heavy atom. The number of carbonyl (C=O) groups is 1. The summed E-state index contributed by atoms with van der Waals surface area (Å²) in [4.78, 5) is 12.9. The van der Waals surface area contributed by atoms with E-state index in [1.807, 2.05) is 32.9 Å². The van der Waals surface area contributed by atoms with Gasteiger partial charge in [0.05, 0.1) is 17.7 Å². The number of sulfonamides is 1. The Bertz CT molecular complexity index is 1220. The van der Waals surface area contributed by atoms with Gasteiger partial charge in [-0.2, -0.15) is 0 Å². The lowest BCUT2D eigenvalue weighted by atomic mass is 10.1. The summed E-state index contributed by atoms with van der Waals surface area (Å²) in [6, 6.07) is 14.8. The number of benzene rings is 3. The minimum absolute atomic E-state index is 0.139. The quantitative estimate of drug-likeness (QED) is 0.564. The Hall–Kier alpha value is -3.39. The Balaban J connectivity index is 2.02. The van der Waals surface area contributed by atoms with Crippen molar-refractivity contribution in [1.82, 2.24) is 0 Å². The molecule has 168 valence electrons. The number of nitrogens with one attached hydrogen (secondary N) is 1. The van der Waals surface area contributed by atoms with E-state index in [1.54, 1.807) is 24.3 Å². The monoisotopic (exact) mass is 456 g/mol. The van der Waals surface area contributed by atoms with Crippen molar-refractivity contribution in [3.8, 4) is 5.75 Å². The molecule has 0 aromatic heterocycles. The van der Waals surface area contributed by atoms with Gasteiger partial charge in [0.15, 0.2) is 0 Å². The summed E-state index contributed by atoms with van der Waals surface area (Å²) in [7, 11) is -2.77. The molecule has 0 aliphatic rings. The zero-order valence-electron chi connectivity index (χ0n) is 18.3. The summed E-state index contributed by atoms with van der Waals surface area (Å²) < 4.78 is 46.6. The van der Waals surface area contributed by atoms with Gasteiger partial charge in [-0.25, -0.2) is 12.8 Å². The number of rotatable bonds is 7. The zero-order valence-corrected chi connectivity index (χ0v) is 19.2. The molecule has 3 aromatic carbocycles. The number of carbonyl (C=O) groups excluding carboxylic acids is 1. The van der Waals surface area contributed by atoms with Crippen LogP contribution in [0, 0.1) is 26.6 Å². The molecule has 0 aliphatic heterocycles. The van der Waals surface area contributed by atoms with Crippen molar-refractivity contribution in [2.24, 2.45) is 0 Å². The first-order valence-electron chi connectivity index (χ1n) is 9.92. The molecule has 0 unspecified atom stereocenters. The predicted molar refractivity (Wildman–Crippen MR) is 123 cm³/mol. The van der Waals surface area contributed by atoms with E-state index >= 15 is 0 Å². The first-order valence-corrected chi connectivity index (χ1v) is 11.4. The van der Waals surface area contributed by atoms with E-state index in [0.29, 0.717) is 5.69 Å². The van der Waals surface area contributed by atoms with Crippen LogP contribution in [0.25, 0.3) is 0 Å². The zero-order chi connectivity index (χ0) is 23.5. The van der Waals surface area contributed by atoms with E-state index in [9.17, 15) is 17.6 Å². The van der Waals surface area contributed by atoms with Crippen LogP contribution in [0.5, 0.6) is 5.75 Å².